The summed E-state index contributed by atoms with van der Waals surface area (Å²) >= 11 is 1.96. The zero-order chi connectivity index (χ0) is 5.91. The molecule has 1 N–H and O–H groups in total. The molecule has 0 saturated heterocycles. The molecule has 0 aromatic rings. The van der Waals surface area contributed by atoms with E-state index >= 15 is 0 Å². The molecule has 0 heterocycles. The van der Waals surface area contributed by atoms with Gasteiger partial charge in [-0.25, -0.2) is 0 Å². The molecule has 1 nitrogen and oxygen atoms in total. The second kappa shape index (κ2) is 2.26. The number of aliphatic hydroxyl groups excluding tert-OH is 1. The van der Waals surface area contributed by atoms with Crippen LogP contribution in [-0.2, 0) is 0 Å². The third-order valence-corrected chi connectivity index (χ3v) is 0.528. The maximum Gasteiger partial charge on any atom is 0.323 e. The van der Waals surface area contributed by atoms with Gasteiger partial charge in [-0.05, 0) is 15.9 Å². The highest BCUT2D eigenvalue weighted by atomic mass is 79.9. The van der Waals surface area contributed by atoms with Gasteiger partial charge < -0.3 is 5.11 Å². The Bertz CT molecular complexity index is 75.5. The van der Waals surface area contributed by atoms with Crippen molar-refractivity contribution in [3.63, 3.8) is 0 Å². The van der Waals surface area contributed by atoms with Gasteiger partial charge in [-0.2, -0.15) is 8.78 Å². The lowest BCUT2D eigenvalue weighted by molar-refractivity contribution is 0.168. The van der Waals surface area contributed by atoms with Crippen molar-refractivity contribution in [2.45, 2.75) is 4.83 Å². The third kappa shape index (κ3) is 5.88. The lowest BCUT2D eigenvalue weighted by Crippen LogP contribution is -1.96. The maximum absolute atomic E-state index is 11.4. The van der Waals surface area contributed by atoms with Crippen LogP contribution in [0.3, 0.4) is 0 Å². The topological polar surface area (TPSA) is 20.2 Å². The van der Waals surface area contributed by atoms with Crippen LogP contribution in [0.1, 0.15) is 0 Å². The van der Waals surface area contributed by atoms with Crippen molar-refractivity contribution < 1.29 is 13.9 Å². The van der Waals surface area contributed by atoms with Gasteiger partial charge in [0.25, 0.3) is 0 Å². The molecule has 0 saturated carbocycles. The van der Waals surface area contributed by atoms with Crippen molar-refractivity contribution in [3.8, 4) is 0 Å². The molecule has 0 bridgehead atoms. The molecule has 0 aliphatic rings. The summed E-state index contributed by atoms with van der Waals surface area (Å²) in [6.45, 7) is 0. The van der Waals surface area contributed by atoms with Gasteiger partial charge in [-0.3, -0.25) is 0 Å². The molecule has 0 radical (unpaired) electrons. The van der Waals surface area contributed by atoms with Crippen LogP contribution in [0.15, 0.2) is 12.3 Å². The Labute approximate surface area is 47.8 Å². The van der Waals surface area contributed by atoms with E-state index < -0.39 is 4.83 Å². The highest BCUT2D eigenvalue weighted by Crippen LogP contribution is 2.21. The number of halogens is 3. The molecule has 4 heteroatoms. The van der Waals surface area contributed by atoms with E-state index in [0.29, 0.717) is 6.08 Å². The van der Waals surface area contributed by atoms with Crippen LogP contribution in [0.2, 0.25) is 0 Å². The standard InChI is InChI=1S/C3H3BrF2O/c4-3(5,6)1-2-7/h1-2,7H/b2-1-. The zero-order valence-electron chi connectivity index (χ0n) is 3.24. The van der Waals surface area contributed by atoms with Crippen LogP contribution in [0.5, 0.6) is 0 Å². The van der Waals surface area contributed by atoms with E-state index in [4.69, 9.17) is 5.11 Å². The lowest BCUT2D eigenvalue weighted by atomic mass is 10.7. The normalized spacial score (nSPS) is 13.0. The Hall–Kier alpha value is -0.120. The van der Waals surface area contributed by atoms with Crippen molar-refractivity contribution >= 4 is 15.9 Å². The van der Waals surface area contributed by atoms with Gasteiger partial charge in [0.2, 0.25) is 0 Å². The summed E-state index contributed by atoms with van der Waals surface area (Å²) in [4.78, 5) is -3.07. The average Bonchev–Trinajstić information content (AvgIpc) is 1.30. The highest BCUT2D eigenvalue weighted by molar-refractivity contribution is 9.10. The van der Waals surface area contributed by atoms with E-state index in [1.807, 2.05) is 15.9 Å². The van der Waals surface area contributed by atoms with E-state index in [0.717, 1.165) is 0 Å². The number of hydrogen-bond acceptors (Lipinski definition) is 1. The summed E-state index contributed by atoms with van der Waals surface area (Å²) in [5.74, 6) is 0. The Kier molecular flexibility index (Phi) is 2.22. The molecule has 42 valence electrons. The predicted octanol–water partition coefficient (Wildman–Crippen LogP) is 2.05. The number of rotatable bonds is 1. The molecule has 0 aromatic heterocycles. The zero-order valence-corrected chi connectivity index (χ0v) is 4.82. The Balaban J connectivity index is 3.56. The molecule has 0 rings (SSSR count). The van der Waals surface area contributed by atoms with Crippen LogP contribution >= 0.6 is 15.9 Å². The minimum Gasteiger partial charge on any atom is -0.516 e. The molecule has 0 aromatic carbocycles. The quantitative estimate of drug-likeness (QED) is 0.475. The first-order valence-corrected chi connectivity index (χ1v) is 2.24. The Morgan fingerprint density at radius 2 is 2.00 bits per heavy atom. The van der Waals surface area contributed by atoms with E-state index in [9.17, 15) is 8.78 Å². The molecule has 0 atom stereocenters. The SMILES string of the molecule is O/C=C\C(F)(F)Br. The fourth-order valence-electron chi connectivity index (χ4n) is 0.0845. The molecular weight excluding hydrogens is 170 g/mol. The van der Waals surface area contributed by atoms with Crippen molar-refractivity contribution in [1.82, 2.24) is 0 Å². The lowest BCUT2D eigenvalue weighted by Gasteiger charge is -1.95. The van der Waals surface area contributed by atoms with Gasteiger partial charge in [-0.1, -0.05) is 0 Å². The molecule has 0 aliphatic carbocycles. The van der Waals surface area contributed by atoms with Crippen LogP contribution < -0.4 is 0 Å². The Morgan fingerprint density at radius 3 is 2.00 bits per heavy atom. The second-order valence-corrected chi connectivity index (χ2v) is 1.91. The number of allylic oxidation sites excluding steroid dienone is 1. The van der Waals surface area contributed by atoms with Gasteiger partial charge in [-0.15, -0.1) is 0 Å². The number of alkyl halides is 3. The molecule has 7 heavy (non-hydrogen) atoms. The van der Waals surface area contributed by atoms with Crippen LogP contribution in [0, 0.1) is 0 Å². The van der Waals surface area contributed by atoms with E-state index in [1.54, 1.807) is 0 Å². The van der Waals surface area contributed by atoms with Gasteiger partial charge in [0.1, 0.15) is 0 Å². The second-order valence-electron chi connectivity index (χ2n) is 0.857. The summed E-state index contributed by atoms with van der Waals surface area (Å²) in [5.41, 5.74) is 0. The van der Waals surface area contributed by atoms with Gasteiger partial charge in [0.15, 0.2) is 0 Å². The molecule has 0 amide bonds. The summed E-state index contributed by atoms with van der Waals surface area (Å²) in [5, 5.41) is 7.71. The number of hydrogen-bond donors (Lipinski definition) is 1. The minimum absolute atomic E-state index is 0.286. The predicted molar refractivity (Wildman–Crippen MR) is 25.6 cm³/mol. The molecule has 0 spiro atoms. The van der Waals surface area contributed by atoms with Crippen molar-refractivity contribution in [3.05, 3.63) is 12.3 Å². The summed E-state index contributed by atoms with van der Waals surface area (Å²) < 4.78 is 22.8. The molecule has 0 unspecified atom stereocenters. The molecule has 0 aliphatic heterocycles. The van der Waals surface area contributed by atoms with E-state index in [-0.39, 0.29) is 6.26 Å². The first-order valence-electron chi connectivity index (χ1n) is 1.45. The van der Waals surface area contributed by atoms with Crippen LogP contribution in [0.4, 0.5) is 8.78 Å². The largest absolute Gasteiger partial charge is 0.516 e. The van der Waals surface area contributed by atoms with E-state index in [1.165, 1.54) is 0 Å². The Morgan fingerprint density at radius 1 is 1.57 bits per heavy atom. The van der Waals surface area contributed by atoms with Crippen LogP contribution in [-0.4, -0.2) is 9.94 Å². The summed E-state index contributed by atoms with van der Waals surface area (Å²) in [6.07, 6.45) is 0.613. The fourth-order valence-corrected chi connectivity index (χ4v) is 0.203. The number of aliphatic hydroxyl groups is 1. The smallest absolute Gasteiger partial charge is 0.323 e. The first-order chi connectivity index (χ1) is 3.06. The van der Waals surface area contributed by atoms with Crippen LogP contribution in [0.25, 0.3) is 0 Å². The average molecular weight is 173 g/mol. The van der Waals surface area contributed by atoms with Crippen molar-refractivity contribution in [2.75, 3.05) is 0 Å². The fraction of sp³-hybridized carbons (Fsp3) is 0.333. The molecular formula is C3H3BrF2O. The van der Waals surface area contributed by atoms with E-state index in [2.05, 4.69) is 0 Å². The monoisotopic (exact) mass is 172 g/mol. The summed E-state index contributed by atoms with van der Waals surface area (Å²) in [7, 11) is 0. The van der Waals surface area contributed by atoms with Gasteiger partial charge in [0, 0.05) is 6.08 Å². The third-order valence-electron chi connectivity index (χ3n) is 0.264. The first kappa shape index (κ1) is 6.88. The van der Waals surface area contributed by atoms with Crippen molar-refractivity contribution in [1.29, 1.82) is 0 Å². The van der Waals surface area contributed by atoms with Crippen molar-refractivity contribution in [2.24, 2.45) is 0 Å². The maximum atomic E-state index is 11.4. The minimum atomic E-state index is -3.07. The van der Waals surface area contributed by atoms with Gasteiger partial charge >= 0.3 is 4.83 Å². The molecule has 0 fully saturated rings. The van der Waals surface area contributed by atoms with Gasteiger partial charge in [0.05, 0.1) is 6.26 Å². The highest BCUT2D eigenvalue weighted by Gasteiger charge is 2.17. The summed E-state index contributed by atoms with van der Waals surface area (Å²) in [6, 6.07) is 0.